The Balaban J connectivity index is 2.32. The van der Waals surface area contributed by atoms with E-state index in [1.54, 1.807) is 13.3 Å². The Kier molecular flexibility index (Phi) is 3.99. The van der Waals surface area contributed by atoms with E-state index in [2.05, 4.69) is 28.6 Å². The van der Waals surface area contributed by atoms with Gasteiger partial charge in [-0.3, -0.25) is 0 Å². The van der Waals surface area contributed by atoms with Crippen LogP contribution in [0.5, 0.6) is 5.75 Å². The van der Waals surface area contributed by atoms with Gasteiger partial charge in [0.1, 0.15) is 11.6 Å². The molecule has 0 saturated heterocycles. The molecule has 0 aliphatic carbocycles. The van der Waals surface area contributed by atoms with Crippen molar-refractivity contribution in [2.75, 3.05) is 7.11 Å². The Morgan fingerprint density at radius 3 is 2.89 bits per heavy atom. The van der Waals surface area contributed by atoms with Crippen molar-refractivity contribution in [1.29, 1.82) is 0 Å². The molecule has 2 aromatic rings. The van der Waals surface area contributed by atoms with Crippen LogP contribution in [-0.2, 0) is 19.5 Å². The van der Waals surface area contributed by atoms with Crippen LogP contribution in [-0.4, -0.2) is 16.7 Å². The van der Waals surface area contributed by atoms with Crippen molar-refractivity contribution in [2.24, 2.45) is 5.73 Å². The minimum atomic E-state index is 0.447. The molecule has 0 aliphatic rings. The van der Waals surface area contributed by atoms with Gasteiger partial charge in [0.15, 0.2) is 0 Å². The Labute approximate surface area is 107 Å². The molecule has 0 amide bonds. The molecule has 2 N–H and O–H groups in total. The van der Waals surface area contributed by atoms with Gasteiger partial charge in [0.25, 0.3) is 0 Å². The van der Waals surface area contributed by atoms with Gasteiger partial charge in [-0.15, -0.1) is 0 Å². The van der Waals surface area contributed by atoms with Crippen LogP contribution in [0, 0.1) is 0 Å². The van der Waals surface area contributed by atoms with Crippen molar-refractivity contribution in [3.8, 4) is 5.75 Å². The number of benzene rings is 1. The van der Waals surface area contributed by atoms with Crippen LogP contribution in [0.4, 0.5) is 0 Å². The predicted molar refractivity (Wildman–Crippen MR) is 71.6 cm³/mol. The maximum Gasteiger partial charge on any atom is 0.123 e. The van der Waals surface area contributed by atoms with E-state index in [1.165, 1.54) is 5.56 Å². The highest BCUT2D eigenvalue weighted by molar-refractivity contribution is 5.37. The summed E-state index contributed by atoms with van der Waals surface area (Å²) in [5.41, 5.74) is 8.12. The molecule has 0 saturated carbocycles. The van der Waals surface area contributed by atoms with E-state index >= 15 is 0 Å². The van der Waals surface area contributed by atoms with Gasteiger partial charge in [-0.1, -0.05) is 19.1 Å². The Morgan fingerprint density at radius 1 is 1.39 bits per heavy atom. The highest BCUT2D eigenvalue weighted by Gasteiger charge is 2.07. The van der Waals surface area contributed by atoms with Crippen molar-refractivity contribution < 1.29 is 4.74 Å². The molecule has 96 valence electrons. The van der Waals surface area contributed by atoms with Gasteiger partial charge in [0.05, 0.1) is 20.2 Å². The fourth-order valence-electron chi connectivity index (χ4n) is 2.03. The largest absolute Gasteiger partial charge is 0.496 e. The summed E-state index contributed by atoms with van der Waals surface area (Å²) in [5.74, 6) is 1.79. The minimum Gasteiger partial charge on any atom is -0.496 e. The van der Waals surface area contributed by atoms with Crippen molar-refractivity contribution in [3.63, 3.8) is 0 Å². The van der Waals surface area contributed by atoms with Crippen molar-refractivity contribution in [2.45, 2.75) is 26.4 Å². The fraction of sp³-hybridized carbons (Fsp3) is 0.357. The topological polar surface area (TPSA) is 53.1 Å². The molecule has 0 aliphatic heterocycles. The monoisotopic (exact) mass is 245 g/mol. The lowest BCUT2D eigenvalue weighted by Gasteiger charge is -2.12. The first-order chi connectivity index (χ1) is 8.78. The maximum atomic E-state index is 5.66. The molecule has 1 heterocycles. The lowest BCUT2D eigenvalue weighted by Crippen LogP contribution is -2.09. The van der Waals surface area contributed by atoms with Gasteiger partial charge in [0, 0.05) is 18.0 Å². The van der Waals surface area contributed by atoms with E-state index in [-0.39, 0.29) is 0 Å². The smallest absolute Gasteiger partial charge is 0.123 e. The van der Waals surface area contributed by atoms with Crippen molar-refractivity contribution >= 4 is 0 Å². The Bertz CT molecular complexity index is 520. The first kappa shape index (κ1) is 12.6. The molecule has 0 radical (unpaired) electrons. The molecule has 1 aromatic carbocycles. The SMILES string of the molecule is CCc1ccc(OC)c(Cn2ccnc2CN)c1. The second-order valence-electron chi connectivity index (χ2n) is 4.18. The number of hydrogen-bond acceptors (Lipinski definition) is 3. The molecular formula is C14H19N3O. The third kappa shape index (κ3) is 2.54. The first-order valence-corrected chi connectivity index (χ1v) is 6.14. The van der Waals surface area contributed by atoms with E-state index in [9.17, 15) is 0 Å². The number of ether oxygens (including phenoxy) is 1. The number of aromatic nitrogens is 2. The van der Waals surface area contributed by atoms with Gasteiger partial charge < -0.3 is 15.0 Å². The molecule has 4 nitrogen and oxygen atoms in total. The second kappa shape index (κ2) is 5.69. The third-order valence-corrected chi connectivity index (χ3v) is 3.08. The molecule has 4 heteroatoms. The van der Waals surface area contributed by atoms with Crippen LogP contribution in [0.2, 0.25) is 0 Å². The van der Waals surface area contributed by atoms with Crippen LogP contribution in [0.15, 0.2) is 30.6 Å². The lowest BCUT2D eigenvalue weighted by atomic mass is 10.1. The average Bonchev–Trinajstić information content (AvgIpc) is 2.86. The summed E-state index contributed by atoms with van der Waals surface area (Å²) in [4.78, 5) is 4.23. The van der Waals surface area contributed by atoms with Gasteiger partial charge >= 0.3 is 0 Å². The molecule has 2 rings (SSSR count). The fourth-order valence-corrected chi connectivity index (χ4v) is 2.03. The maximum absolute atomic E-state index is 5.66. The molecular weight excluding hydrogens is 226 g/mol. The molecule has 0 spiro atoms. The number of rotatable bonds is 5. The van der Waals surface area contributed by atoms with Crippen LogP contribution in [0.25, 0.3) is 0 Å². The number of nitrogens with zero attached hydrogens (tertiary/aromatic N) is 2. The zero-order valence-electron chi connectivity index (χ0n) is 10.9. The first-order valence-electron chi connectivity index (χ1n) is 6.14. The van der Waals surface area contributed by atoms with Crippen LogP contribution in [0.1, 0.15) is 23.9 Å². The standard InChI is InChI=1S/C14H19N3O/c1-3-11-4-5-13(18-2)12(8-11)10-17-7-6-16-14(17)9-15/h4-8H,3,9-10,15H2,1-2H3. The molecule has 18 heavy (non-hydrogen) atoms. The summed E-state index contributed by atoms with van der Waals surface area (Å²) in [6.45, 7) is 3.33. The highest BCUT2D eigenvalue weighted by Crippen LogP contribution is 2.21. The van der Waals surface area contributed by atoms with Crippen LogP contribution >= 0.6 is 0 Å². The number of nitrogens with two attached hydrogens (primary N) is 1. The molecule has 1 aromatic heterocycles. The average molecular weight is 245 g/mol. The Morgan fingerprint density at radius 2 is 2.22 bits per heavy atom. The summed E-state index contributed by atoms with van der Waals surface area (Å²) in [6, 6.07) is 6.30. The summed E-state index contributed by atoms with van der Waals surface area (Å²) >= 11 is 0. The van der Waals surface area contributed by atoms with Crippen LogP contribution in [0.3, 0.4) is 0 Å². The Hall–Kier alpha value is -1.81. The minimum absolute atomic E-state index is 0.447. The van der Waals surface area contributed by atoms with Gasteiger partial charge in [-0.25, -0.2) is 4.98 Å². The van der Waals surface area contributed by atoms with E-state index < -0.39 is 0 Å². The zero-order valence-corrected chi connectivity index (χ0v) is 10.9. The van der Waals surface area contributed by atoms with E-state index in [0.717, 1.165) is 30.1 Å². The van der Waals surface area contributed by atoms with Gasteiger partial charge in [-0.2, -0.15) is 0 Å². The van der Waals surface area contributed by atoms with E-state index in [1.807, 2.05) is 12.3 Å². The van der Waals surface area contributed by atoms with Gasteiger partial charge in [-0.05, 0) is 18.1 Å². The molecule has 0 bridgehead atoms. The van der Waals surface area contributed by atoms with E-state index in [4.69, 9.17) is 10.5 Å². The summed E-state index contributed by atoms with van der Waals surface area (Å²) in [6.07, 6.45) is 4.74. The number of hydrogen-bond donors (Lipinski definition) is 1. The lowest BCUT2D eigenvalue weighted by molar-refractivity contribution is 0.408. The normalized spacial score (nSPS) is 10.6. The number of aryl methyl sites for hydroxylation is 1. The quantitative estimate of drug-likeness (QED) is 0.876. The molecule has 0 atom stereocenters. The summed E-state index contributed by atoms with van der Waals surface area (Å²) < 4.78 is 7.45. The summed E-state index contributed by atoms with van der Waals surface area (Å²) in [5, 5.41) is 0. The molecule has 0 unspecified atom stereocenters. The van der Waals surface area contributed by atoms with Crippen molar-refractivity contribution in [1.82, 2.24) is 9.55 Å². The van der Waals surface area contributed by atoms with Gasteiger partial charge in [0.2, 0.25) is 0 Å². The zero-order chi connectivity index (χ0) is 13.0. The third-order valence-electron chi connectivity index (χ3n) is 3.08. The number of methoxy groups -OCH3 is 1. The molecule has 0 fully saturated rings. The highest BCUT2D eigenvalue weighted by atomic mass is 16.5. The second-order valence-corrected chi connectivity index (χ2v) is 4.18. The van der Waals surface area contributed by atoms with E-state index in [0.29, 0.717) is 6.54 Å². The number of imidazole rings is 1. The predicted octanol–water partition coefficient (Wildman–Crippen LogP) is 1.96. The van der Waals surface area contributed by atoms with Crippen molar-refractivity contribution in [3.05, 3.63) is 47.5 Å². The summed E-state index contributed by atoms with van der Waals surface area (Å²) in [7, 11) is 1.70. The van der Waals surface area contributed by atoms with Crippen LogP contribution < -0.4 is 10.5 Å².